The zero-order valence-corrected chi connectivity index (χ0v) is 16.4. The molecule has 0 fully saturated rings. The lowest BCUT2D eigenvalue weighted by molar-refractivity contribution is -0.137. The number of benzene rings is 1. The Morgan fingerprint density at radius 2 is 1.97 bits per heavy atom. The van der Waals surface area contributed by atoms with Crippen molar-refractivity contribution in [2.75, 3.05) is 11.9 Å². The van der Waals surface area contributed by atoms with E-state index >= 15 is 0 Å². The second-order valence-corrected chi connectivity index (χ2v) is 6.59. The number of carbonyl (C=O) groups is 2. The lowest BCUT2D eigenvalue weighted by Crippen LogP contribution is -2.22. The molecule has 1 aromatic carbocycles. The van der Waals surface area contributed by atoms with Gasteiger partial charge in [-0.3, -0.25) is 9.20 Å². The van der Waals surface area contributed by atoms with Gasteiger partial charge in [0.05, 0.1) is 22.5 Å². The molecule has 0 bridgehead atoms. The van der Waals surface area contributed by atoms with Crippen LogP contribution in [0.3, 0.4) is 0 Å². The molecule has 0 aliphatic carbocycles. The molecule has 0 aliphatic heterocycles. The Hall–Kier alpha value is -4.29. The van der Waals surface area contributed by atoms with Gasteiger partial charge in [0.1, 0.15) is 18.5 Å². The zero-order chi connectivity index (χ0) is 22.9. The third-order valence-electron chi connectivity index (χ3n) is 4.41. The number of halogens is 3. The van der Waals surface area contributed by atoms with E-state index in [1.165, 1.54) is 29.6 Å². The van der Waals surface area contributed by atoms with E-state index in [4.69, 9.17) is 4.74 Å². The number of fused-ring (bicyclic) bond motifs is 1. The molecule has 3 aromatic heterocycles. The Labute approximate surface area is 177 Å². The predicted molar refractivity (Wildman–Crippen MR) is 103 cm³/mol. The Bertz CT molecular complexity index is 1300. The maximum atomic E-state index is 13.1. The summed E-state index contributed by atoms with van der Waals surface area (Å²) in [7, 11) is 0. The van der Waals surface area contributed by atoms with E-state index in [1.54, 1.807) is 17.4 Å². The highest BCUT2D eigenvalue weighted by Gasteiger charge is 2.31. The number of pyridine rings is 1. The fraction of sp³-hybridized carbons (Fsp3) is 0.158. The second-order valence-electron chi connectivity index (χ2n) is 6.59. The molecular weight excluding hydrogens is 431 g/mol. The van der Waals surface area contributed by atoms with Crippen LogP contribution in [0.25, 0.3) is 11.3 Å². The summed E-state index contributed by atoms with van der Waals surface area (Å²) in [6.07, 6.45) is -0.701. The van der Waals surface area contributed by atoms with Gasteiger partial charge in [0, 0.05) is 6.20 Å². The van der Waals surface area contributed by atoms with Gasteiger partial charge in [0.15, 0.2) is 12.3 Å². The first-order valence-electron chi connectivity index (χ1n) is 9.07. The van der Waals surface area contributed by atoms with Crippen molar-refractivity contribution in [3.63, 3.8) is 0 Å². The average Bonchev–Trinajstić information content (AvgIpc) is 3.41. The summed E-state index contributed by atoms with van der Waals surface area (Å²) >= 11 is 0. The minimum absolute atomic E-state index is 0.149. The van der Waals surface area contributed by atoms with Gasteiger partial charge in [-0.25, -0.2) is 14.5 Å². The number of aromatic nitrogens is 6. The van der Waals surface area contributed by atoms with Crippen LogP contribution in [0.4, 0.5) is 18.9 Å². The number of carbonyl (C=O) groups excluding carboxylic acids is 2. The lowest BCUT2D eigenvalue weighted by atomic mass is 10.1. The number of nitrogens with zero attached hydrogens (tertiary/aromatic N) is 6. The molecule has 164 valence electrons. The quantitative estimate of drug-likeness (QED) is 0.469. The van der Waals surface area contributed by atoms with E-state index < -0.39 is 30.2 Å². The first-order valence-corrected chi connectivity index (χ1v) is 9.07. The van der Waals surface area contributed by atoms with Crippen LogP contribution >= 0.6 is 0 Å². The van der Waals surface area contributed by atoms with Crippen LogP contribution in [0, 0.1) is 6.92 Å². The van der Waals surface area contributed by atoms with Gasteiger partial charge in [-0.1, -0.05) is 0 Å². The molecule has 10 nitrogen and oxygen atoms in total. The predicted octanol–water partition coefficient (Wildman–Crippen LogP) is 2.43. The summed E-state index contributed by atoms with van der Waals surface area (Å²) in [5.74, 6) is -1.08. The van der Waals surface area contributed by atoms with Crippen molar-refractivity contribution in [2.24, 2.45) is 0 Å². The fourth-order valence-corrected chi connectivity index (χ4v) is 2.87. The van der Waals surface area contributed by atoms with Crippen molar-refractivity contribution < 1.29 is 27.5 Å². The zero-order valence-electron chi connectivity index (χ0n) is 16.4. The van der Waals surface area contributed by atoms with E-state index in [0.29, 0.717) is 11.5 Å². The number of alkyl halides is 3. The summed E-state index contributed by atoms with van der Waals surface area (Å²) in [5.41, 5.74) is -0.305. The molecule has 0 aliphatic rings. The molecular formula is C19H14F3N7O3. The van der Waals surface area contributed by atoms with Crippen LogP contribution in [0.15, 0.2) is 49.2 Å². The standard InChI is InChI=1S/C19H14F3N7O3/c1-11-26-27-16-5-2-12(7-28(11)16)18(31)32-8-17(30)25-14-6-13(19(20,21)22)3-4-15(14)29-10-23-9-24-29/h2-7,9-10H,8H2,1H3,(H,25,30). The highest BCUT2D eigenvalue weighted by Crippen LogP contribution is 2.33. The Balaban J connectivity index is 1.49. The van der Waals surface area contributed by atoms with Crippen molar-refractivity contribution in [3.05, 3.63) is 66.1 Å². The summed E-state index contributed by atoms with van der Waals surface area (Å²) in [6.45, 7) is 0.982. The van der Waals surface area contributed by atoms with Crippen LogP contribution < -0.4 is 5.32 Å². The molecule has 0 spiro atoms. The Morgan fingerprint density at radius 1 is 1.16 bits per heavy atom. The number of hydrogen-bond acceptors (Lipinski definition) is 7. The van der Waals surface area contributed by atoms with Gasteiger partial charge >= 0.3 is 12.1 Å². The van der Waals surface area contributed by atoms with E-state index in [0.717, 1.165) is 18.2 Å². The largest absolute Gasteiger partial charge is 0.452 e. The van der Waals surface area contributed by atoms with Crippen molar-refractivity contribution in [3.8, 4) is 5.69 Å². The van der Waals surface area contributed by atoms with E-state index in [2.05, 4.69) is 25.6 Å². The van der Waals surface area contributed by atoms with E-state index in [-0.39, 0.29) is 16.9 Å². The molecule has 0 atom stereocenters. The third kappa shape index (κ3) is 4.26. The number of amides is 1. The molecule has 13 heteroatoms. The lowest BCUT2D eigenvalue weighted by Gasteiger charge is -2.14. The molecule has 4 rings (SSSR count). The fourth-order valence-electron chi connectivity index (χ4n) is 2.87. The monoisotopic (exact) mass is 445 g/mol. The van der Waals surface area contributed by atoms with Crippen LogP contribution in [0.1, 0.15) is 21.7 Å². The summed E-state index contributed by atoms with van der Waals surface area (Å²) in [5, 5.41) is 14.0. The molecule has 1 amide bonds. The van der Waals surface area contributed by atoms with Crippen molar-refractivity contribution in [1.29, 1.82) is 0 Å². The van der Waals surface area contributed by atoms with Crippen molar-refractivity contribution >= 4 is 23.2 Å². The third-order valence-corrected chi connectivity index (χ3v) is 4.41. The molecule has 32 heavy (non-hydrogen) atoms. The van der Waals surface area contributed by atoms with Crippen LogP contribution in [-0.2, 0) is 15.7 Å². The van der Waals surface area contributed by atoms with Gasteiger partial charge in [-0.2, -0.15) is 18.3 Å². The summed E-state index contributed by atoms with van der Waals surface area (Å²) in [6, 6.07) is 5.79. The maximum Gasteiger partial charge on any atom is 0.416 e. The topological polar surface area (TPSA) is 116 Å². The normalized spacial score (nSPS) is 11.5. The number of nitrogens with one attached hydrogen (secondary N) is 1. The highest BCUT2D eigenvalue weighted by molar-refractivity contribution is 5.96. The minimum atomic E-state index is -4.62. The molecule has 0 saturated heterocycles. The average molecular weight is 445 g/mol. The van der Waals surface area contributed by atoms with E-state index in [9.17, 15) is 22.8 Å². The van der Waals surface area contributed by atoms with Gasteiger partial charge in [0.25, 0.3) is 5.91 Å². The number of aryl methyl sites for hydroxylation is 1. The van der Waals surface area contributed by atoms with Gasteiger partial charge in [-0.05, 0) is 37.3 Å². The first-order chi connectivity index (χ1) is 15.2. The van der Waals surface area contributed by atoms with Crippen LogP contribution in [0.2, 0.25) is 0 Å². The van der Waals surface area contributed by atoms with Crippen molar-refractivity contribution in [1.82, 2.24) is 29.4 Å². The van der Waals surface area contributed by atoms with Crippen LogP contribution in [0.5, 0.6) is 0 Å². The van der Waals surface area contributed by atoms with Gasteiger partial charge in [-0.15, -0.1) is 10.2 Å². The maximum absolute atomic E-state index is 13.1. The smallest absolute Gasteiger partial charge is 0.416 e. The SMILES string of the molecule is Cc1nnc2ccc(C(=O)OCC(=O)Nc3cc(C(F)(F)F)ccc3-n3cncn3)cn12. The van der Waals surface area contributed by atoms with Crippen LogP contribution in [-0.4, -0.2) is 47.8 Å². The summed E-state index contributed by atoms with van der Waals surface area (Å²) in [4.78, 5) is 28.3. The molecule has 3 heterocycles. The Kier molecular flexibility index (Phi) is 5.30. The highest BCUT2D eigenvalue weighted by atomic mass is 19.4. The first kappa shape index (κ1) is 21.0. The number of esters is 1. The van der Waals surface area contributed by atoms with E-state index in [1.807, 2.05) is 0 Å². The number of ether oxygens (including phenoxy) is 1. The van der Waals surface area contributed by atoms with Gasteiger partial charge < -0.3 is 10.1 Å². The summed E-state index contributed by atoms with van der Waals surface area (Å²) < 4.78 is 47.1. The number of rotatable bonds is 5. The number of hydrogen-bond donors (Lipinski definition) is 1. The van der Waals surface area contributed by atoms with Gasteiger partial charge in [0.2, 0.25) is 0 Å². The second kappa shape index (κ2) is 8.09. The van der Waals surface area contributed by atoms with Crippen molar-refractivity contribution in [2.45, 2.75) is 13.1 Å². The molecule has 4 aromatic rings. The number of anilines is 1. The molecule has 0 saturated carbocycles. The molecule has 0 unspecified atom stereocenters. The minimum Gasteiger partial charge on any atom is -0.452 e. The molecule has 0 radical (unpaired) electrons. The Morgan fingerprint density at radius 3 is 2.69 bits per heavy atom. The molecule has 1 N–H and O–H groups in total.